The fourth-order valence-corrected chi connectivity index (χ4v) is 4.20. The van der Waals surface area contributed by atoms with Crippen LogP contribution in [0.2, 0.25) is 0 Å². The molecule has 0 aromatic heterocycles. The molecule has 1 aliphatic rings. The Bertz CT molecular complexity index is 813. The van der Waals surface area contributed by atoms with Gasteiger partial charge in [-0.2, -0.15) is 30.0 Å². The average molecular weight is 470 g/mol. The Hall–Kier alpha value is -1.45. The molecular weight excluding hydrogens is 449 g/mol. The van der Waals surface area contributed by atoms with Crippen LogP contribution < -0.4 is 0 Å². The highest BCUT2D eigenvalue weighted by atomic mass is 32.2. The fourth-order valence-electron chi connectivity index (χ4n) is 2.90. The maximum atomic E-state index is 13.0. The molecule has 0 aliphatic heterocycles. The first-order valence-corrected chi connectivity index (χ1v) is 11.6. The highest BCUT2D eigenvalue weighted by molar-refractivity contribution is 7.86. The summed E-state index contributed by atoms with van der Waals surface area (Å²) in [6.07, 6.45) is -9.47. The first-order valence-electron chi connectivity index (χ1n) is 8.35. The summed E-state index contributed by atoms with van der Waals surface area (Å²) in [6.45, 7) is 1.09. The van der Waals surface area contributed by atoms with E-state index < -0.39 is 67.5 Å². The summed E-state index contributed by atoms with van der Waals surface area (Å²) < 4.78 is 109. The molecule has 0 aromatic rings. The topological polar surface area (TPSA) is 161 Å². The molecule has 15 heteroatoms. The molecule has 29 heavy (non-hydrogen) atoms. The van der Waals surface area contributed by atoms with Crippen molar-refractivity contribution in [3.8, 4) is 0 Å². The number of esters is 2. The number of hydrogen-bond donors (Lipinski definition) is 2. The Kier molecular flexibility index (Phi) is 8.06. The van der Waals surface area contributed by atoms with Crippen molar-refractivity contribution in [1.82, 2.24) is 0 Å². The summed E-state index contributed by atoms with van der Waals surface area (Å²) in [5.41, 5.74) is -2.20. The Balaban J connectivity index is 3.11. The summed E-state index contributed by atoms with van der Waals surface area (Å²) in [4.78, 5) is 25.0. The van der Waals surface area contributed by atoms with Crippen molar-refractivity contribution in [2.75, 3.05) is 11.5 Å². The van der Waals surface area contributed by atoms with Crippen molar-refractivity contribution in [2.45, 2.75) is 57.4 Å². The molecule has 0 bridgehead atoms. The molecule has 0 radical (unpaired) electrons. The Labute approximate surface area is 165 Å². The van der Waals surface area contributed by atoms with Crippen LogP contribution >= 0.6 is 0 Å². The SMILES string of the molecule is CC(CS(=O)(=O)O)OC(=O)C1(C(=O)OC(CS(=O)(=O)O)C(F)(F)F)CCCCC1. The molecule has 170 valence electrons. The summed E-state index contributed by atoms with van der Waals surface area (Å²) in [5, 5.41) is 0. The Morgan fingerprint density at radius 2 is 1.38 bits per heavy atom. The van der Waals surface area contributed by atoms with Gasteiger partial charge in [0.1, 0.15) is 17.6 Å². The van der Waals surface area contributed by atoms with Gasteiger partial charge in [0, 0.05) is 0 Å². The first kappa shape index (κ1) is 25.6. The maximum absolute atomic E-state index is 13.0. The number of carbonyl (C=O) groups is 2. The van der Waals surface area contributed by atoms with E-state index in [4.69, 9.17) is 13.8 Å². The van der Waals surface area contributed by atoms with Gasteiger partial charge in [-0.05, 0) is 19.8 Å². The molecule has 2 atom stereocenters. The van der Waals surface area contributed by atoms with Crippen molar-refractivity contribution in [1.29, 1.82) is 0 Å². The summed E-state index contributed by atoms with van der Waals surface area (Å²) >= 11 is 0. The smallest absolute Gasteiger partial charge is 0.426 e. The van der Waals surface area contributed by atoms with Crippen LogP contribution in [0.5, 0.6) is 0 Å². The molecule has 0 heterocycles. The van der Waals surface area contributed by atoms with E-state index in [1.165, 1.54) is 0 Å². The Morgan fingerprint density at radius 1 is 0.931 bits per heavy atom. The standard InChI is InChI=1S/C14H21F3O10S2/c1-9(7-28(20,21)22)26-11(18)13(5-3-2-4-6-13)12(19)27-10(14(15,16)17)8-29(23,24)25/h9-10H,2-8H2,1H3,(H,20,21,22)(H,23,24,25). The highest BCUT2D eigenvalue weighted by Crippen LogP contribution is 2.40. The van der Waals surface area contributed by atoms with Gasteiger partial charge in [-0.15, -0.1) is 0 Å². The first-order chi connectivity index (χ1) is 13.0. The fraction of sp³-hybridized carbons (Fsp3) is 0.857. The van der Waals surface area contributed by atoms with Gasteiger partial charge in [-0.25, -0.2) is 0 Å². The van der Waals surface area contributed by atoms with Crippen molar-refractivity contribution in [3.05, 3.63) is 0 Å². The number of ether oxygens (including phenoxy) is 2. The predicted molar refractivity (Wildman–Crippen MR) is 89.8 cm³/mol. The van der Waals surface area contributed by atoms with Crippen molar-refractivity contribution >= 4 is 32.2 Å². The zero-order valence-electron chi connectivity index (χ0n) is 15.2. The lowest BCUT2D eigenvalue weighted by molar-refractivity contribution is -0.224. The minimum atomic E-state index is -5.34. The average Bonchev–Trinajstić information content (AvgIpc) is 2.50. The molecular formula is C14H21F3O10S2. The molecule has 2 N–H and O–H groups in total. The summed E-state index contributed by atoms with van der Waals surface area (Å²) in [7, 11) is -9.71. The largest absolute Gasteiger partial charge is 0.461 e. The van der Waals surface area contributed by atoms with E-state index in [0.29, 0.717) is 6.42 Å². The predicted octanol–water partition coefficient (Wildman–Crippen LogP) is 1.12. The molecule has 10 nitrogen and oxygen atoms in total. The lowest BCUT2D eigenvalue weighted by atomic mass is 9.74. The lowest BCUT2D eigenvalue weighted by Crippen LogP contribution is -2.49. The van der Waals surface area contributed by atoms with Crippen molar-refractivity contribution in [2.24, 2.45) is 5.41 Å². The van der Waals surface area contributed by atoms with Crippen LogP contribution in [0.3, 0.4) is 0 Å². The van der Waals surface area contributed by atoms with E-state index in [1.54, 1.807) is 0 Å². The van der Waals surface area contributed by atoms with Crippen LogP contribution in [0, 0.1) is 5.41 Å². The van der Waals surface area contributed by atoms with Crippen LogP contribution in [0.15, 0.2) is 0 Å². The third-order valence-corrected chi connectivity index (χ3v) is 5.83. The minimum absolute atomic E-state index is 0.242. The van der Waals surface area contributed by atoms with E-state index in [9.17, 15) is 39.6 Å². The van der Waals surface area contributed by atoms with Crippen LogP contribution in [0.4, 0.5) is 13.2 Å². The van der Waals surface area contributed by atoms with Gasteiger partial charge in [0.15, 0.2) is 5.41 Å². The molecule has 1 rings (SSSR count). The monoisotopic (exact) mass is 470 g/mol. The second kappa shape index (κ2) is 9.14. The van der Waals surface area contributed by atoms with Crippen LogP contribution in [-0.4, -0.2) is 67.8 Å². The van der Waals surface area contributed by atoms with Gasteiger partial charge in [-0.1, -0.05) is 19.3 Å². The minimum Gasteiger partial charge on any atom is -0.461 e. The molecule has 0 amide bonds. The number of carbonyl (C=O) groups excluding carboxylic acids is 2. The molecule has 1 fully saturated rings. The summed E-state index contributed by atoms with van der Waals surface area (Å²) in [5.74, 6) is -5.98. The van der Waals surface area contributed by atoms with Gasteiger partial charge < -0.3 is 9.47 Å². The van der Waals surface area contributed by atoms with Crippen LogP contribution in [0.25, 0.3) is 0 Å². The molecule has 0 aromatic carbocycles. The van der Waals surface area contributed by atoms with E-state index in [1.807, 2.05) is 0 Å². The molecule has 2 unspecified atom stereocenters. The van der Waals surface area contributed by atoms with Crippen LogP contribution in [0.1, 0.15) is 39.0 Å². The zero-order chi connectivity index (χ0) is 22.7. The van der Waals surface area contributed by atoms with Crippen molar-refractivity contribution < 1.29 is 58.2 Å². The zero-order valence-corrected chi connectivity index (χ0v) is 16.8. The molecule has 1 saturated carbocycles. The lowest BCUT2D eigenvalue weighted by Gasteiger charge is -2.34. The van der Waals surface area contributed by atoms with Gasteiger partial charge >= 0.3 is 18.1 Å². The number of hydrogen-bond acceptors (Lipinski definition) is 8. The highest BCUT2D eigenvalue weighted by Gasteiger charge is 2.54. The van der Waals surface area contributed by atoms with Gasteiger partial charge in [0.25, 0.3) is 20.2 Å². The summed E-state index contributed by atoms with van der Waals surface area (Å²) in [6, 6.07) is 0. The second-order valence-electron chi connectivity index (χ2n) is 6.79. The van der Waals surface area contributed by atoms with Gasteiger partial charge in [0.05, 0.1) is 0 Å². The normalized spacial score (nSPS) is 19.8. The number of alkyl halides is 3. The maximum Gasteiger partial charge on any atom is 0.426 e. The van der Waals surface area contributed by atoms with Crippen LogP contribution in [-0.2, 0) is 39.3 Å². The second-order valence-corrected chi connectivity index (χ2v) is 9.79. The quantitative estimate of drug-likeness (QED) is 0.299. The van der Waals surface area contributed by atoms with E-state index in [2.05, 4.69) is 4.74 Å². The van der Waals surface area contributed by atoms with E-state index in [0.717, 1.165) is 6.92 Å². The third-order valence-electron chi connectivity index (χ3n) is 4.22. The van der Waals surface area contributed by atoms with Gasteiger partial charge in [0.2, 0.25) is 6.10 Å². The van der Waals surface area contributed by atoms with E-state index in [-0.39, 0.29) is 25.7 Å². The molecule has 0 spiro atoms. The van der Waals surface area contributed by atoms with Gasteiger partial charge in [-0.3, -0.25) is 18.7 Å². The Morgan fingerprint density at radius 3 is 1.79 bits per heavy atom. The molecule has 0 saturated heterocycles. The number of halogens is 3. The third kappa shape index (κ3) is 8.06. The molecule has 1 aliphatic carbocycles. The van der Waals surface area contributed by atoms with E-state index >= 15 is 0 Å². The number of rotatable bonds is 8. The van der Waals surface area contributed by atoms with Crippen molar-refractivity contribution in [3.63, 3.8) is 0 Å².